The number of nitrogens with one attached hydrogen (secondary N) is 1. The van der Waals surface area contributed by atoms with Crippen LogP contribution in [-0.2, 0) is 13.6 Å². The van der Waals surface area contributed by atoms with Crippen LogP contribution in [0.3, 0.4) is 0 Å². The van der Waals surface area contributed by atoms with E-state index in [1.165, 1.54) is 10.8 Å². The van der Waals surface area contributed by atoms with Gasteiger partial charge < -0.3 is 9.88 Å². The van der Waals surface area contributed by atoms with Gasteiger partial charge >= 0.3 is 0 Å². The number of anilines is 1. The molecule has 0 amide bonds. The highest BCUT2D eigenvalue weighted by Gasteiger charge is 2.04. The highest BCUT2D eigenvalue weighted by atomic mass is 15.3. The molecule has 0 unspecified atom stereocenters. The Bertz CT molecular complexity index is 715. The van der Waals surface area contributed by atoms with E-state index >= 15 is 0 Å². The van der Waals surface area contributed by atoms with Gasteiger partial charge in [0, 0.05) is 12.7 Å². The van der Waals surface area contributed by atoms with Crippen molar-refractivity contribution in [3.05, 3.63) is 54.1 Å². The number of hydrogen-bond donors (Lipinski definition) is 1. The van der Waals surface area contributed by atoms with Crippen LogP contribution in [0.15, 0.2) is 42.5 Å². The molecular formula is C15H16N4. The zero-order valence-corrected chi connectivity index (χ0v) is 11.1. The molecule has 19 heavy (non-hydrogen) atoms. The maximum absolute atomic E-state index is 4.14. The largest absolute Gasteiger partial charge is 0.378 e. The van der Waals surface area contributed by atoms with Crippen molar-refractivity contribution in [2.45, 2.75) is 13.5 Å². The zero-order valence-electron chi connectivity index (χ0n) is 11.1. The van der Waals surface area contributed by atoms with Crippen molar-refractivity contribution < 1.29 is 0 Å². The van der Waals surface area contributed by atoms with Crippen LogP contribution in [-0.4, -0.2) is 14.8 Å². The Balaban J connectivity index is 1.80. The summed E-state index contributed by atoms with van der Waals surface area (Å²) in [5, 5.41) is 14.1. The van der Waals surface area contributed by atoms with Gasteiger partial charge in [0.25, 0.3) is 0 Å². The molecule has 0 radical (unpaired) electrons. The Morgan fingerprint density at radius 2 is 1.84 bits per heavy atom. The monoisotopic (exact) mass is 252 g/mol. The van der Waals surface area contributed by atoms with Crippen LogP contribution < -0.4 is 5.32 Å². The average molecular weight is 252 g/mol. The summed E-state index contributed by atoms with van der Waals surface area (Å²) in [7, 11) is 1.98. The quantitative estimate of drug-likeness (QED) is 0.779. The van der Waals surface area contributed by atoms with Crippen molar-refractivity contribution in [1.82, 2.24) is 14.8 Å². The molecule has 0 bridgehead atoms. The van der Waals surface area contributed by atoms with Gasteiger partial charge in [-0.15, -0.1) is 10.2 Å². The first kappa shape index (κ1) is 11.7. The zero-order chi connectivity index (χ0) is 13.2. The number of fused-ring (bicyclic) bond motifs is 1. The highest BCUT2D eigenvalue weighted by Crippen LogP contribution is 2.19. The summed E-state index contributed by atoms with van der Waals surface area (Å²) in [4.78, 5) is 0. The van der Waals surface area contributed by atoms with E-state index in [0.29, 0.717) is 6.54 Å². The van der Waals surface area contributed by atoms with Crippen LogP contribution in [0, 0.1) is 6.92 Å². The van der Waals surface area contributed by atoms with E-state index in [2.05, 4.69) is 58.0 Å². The van der Waals surface area contributed by atoms with Gasteiger partial charge in [-0.3, -0.25) is 0 Å². The van der Waals surface area contributed by atoms with E-state index in [4.69, 9.17) is 0 Å². The second-order valence-corrected chi connectivity index (χ2v) is 4.64. The molecule has 0 fully saturated rings. The fourth-order valence-corrected chi connectivity index (χ4v) is 2.09. The molecule has 4 nitrogen and oxygen atoms in total. The number of rotatable bonds is 3. The SMILES string of the molecule is Cc1nnc(CNc2ccc3ccccc3c2)n1C. The standard InChI is InChI=1S/C15H16N4/c1-11-17-18-15(19(11)2)10-16-14-8-7-12-5-3-4-6-13(12)9-14/h3-9,16H,10H2,1-2H3. The van der Waals surface area contributed by atoms with E-state index in [-0.39, 0.29) is 0 Å². The van der Waals surface area contributed by atoms with E-state index in [1.807, 2.05) is 18.5 Å². The second kappa shape index (κ2) is 4.72. The fraction of sp³-hybridized carbons (Fsp3) is 0.200. The molecule has 0 aliphatic rings. The molecule has 0 atom stereocenters. The molecule has 4 heteroatoms. The first-order chi connectivity index (χ1) is 9.24. The Morgan fingerprint density at radius 3 is 2.58 bits per heavy atom. The molecule has 0 aliphatic carbocycles. The van der Waals surface area contributed by atoms with Crippen LogP contribution in [0.1, 0.15) is 11.6 Å². The minimum absolute atomic E-state index is 0.676. The first-order valence-corrected chi connectivity index (χ1v) is 6.31. The Kier molecular flexibility index (Phi) is 2.91. The van der Waals surface area contributed by atoms with Gasteiger partial charge in [-0.2, -0.15) is 0 Å². The van der Waals surface area contributed by atoms with Crippen LogP contribution in [0.2, 0.25) is 0 Å². The van der Waals surface area contributed by atoms with Crippen molar-refractivity contribution in [3.8, 4) is 0 Å². The normalized spacial score (nSPS) is 10.8. The summed E-state index contributed by atoms with van der Waals surface area (Å²) in [6.45, 7) is 2.63. The first-order valence-electron chi connectivity index (χ1n) is 6.31. The van der Waals surface area contributed by atoms with Gasteiger partial charge in [0.2, 0.25) is 0 Å². The molecule has 3 rings (SSSR count). The average Bonchev–Trinajstić information content (AvgIpc) is 2.76. The maximum Gasteiger partial charge on any atom is 0.152 e. The van der Waals surface area contributed by atoms with E-state index in [1.54, 1.807) is 0 Å². The topological polar surface area (TPSA) is 42.7 Å². The number of hydrogen-bond acceptors (Lipinski definition) is 3. The van der Waals surface area contributed by atoms with Gasteiger partial charge in [0.15, 0.2) is 5.82 Å². The van der Waals surface area contributed by atoms with E-state index in [9.17, 15) is 0 Å². The molecule has 0 saturated carbocycles. The summed E-state index contributed by atoms with van der Waals surface area (Å²) >= 11 is 0. The van der Waals surface area contributed by atoms with Crippen molar-refractivity contribution in [1.29, 1.82) is 0 Å². The predicted molar refractivity (Wildman–Crippen MR) is 77.0 cm³/mol. The molecule has 0 saturated heterocycles. The summed E-state index contributed by atoms with van der Waals surface area (Å²) in [6, 6.07) is 14.7. The number of aryl methyl sites for hydroxylation is 1. The van der Waals surface area contributed by atoms with Crippen LogP contribution in [0.25, 0.3) is 10.8 Å². The van der Waals surface area contributed by atoms with Gasteiger partial charge in [-0.25, -0.2) is 0 Å². The number of benzene rings is 2. The highest BCUT2D eigenvalue weighted by molar-refractivity contribution is 5.85. The lowest BCUT2D eigenvalue weighted by Crippen LogP contribution is -2.06. The summed E-state index contributed by atoms with van der Waals surface area (Å²) in [5.41, 5.74) is 1.10. The van der Waals surface area contributed by atoms with Gasteiger partial charge in [-0.1, -0.05) is 30.3 Å². The summed E-state index contributed by atoms with van der Waals surface area (Å²) in [5.74, 6) is 1.86. The van der Waals surface area contributed by atoms with E-state index < -0.39 is 0 Å². The Labute approximate surface area is 112 Å². The maximum atomic E-state index is 4.14. The molecule has 0 aliphatic heterocycles. The third-order valence-electron chi connectivity index (χ3n) is 3.38. The predicted octanol–water partition coefficient (Wildman–Crippen LogP) is 2.89. The van der Waals surface area contributed by atoms with Crippen molar-refractivity contribution in [2.75, 3.05) is 5.32 Å². The lowest BCUT2D eigenvalue weighted by atomic mass is 10.1. The summed E-state index contributed by atoms with van der Waals surface area (Å²) in [6.07, 6.45) is 0. The lowest BCUT2D eigenvalue weighted by molar-refractivity contribution is 0.789. The van der Waals surface area contributed by atoms with Crippen molar-refractivity contribution in [3.63, 3.8) is 0 Å². The minimum atomic E-state index is 0.676. The molecule has 2 aromatic carbocycles. The van der Waals surface area contributed by atoms with Gasteiger partial charge in [0.1, 0.15) is 5.82 Å². The molecular weight excluding hydrogens is 236 g/mol. The molecule has 1 heterocycles. The number of nitrogens with zero attached hydrogens (tertiary/aromatic N) is 3. The second-order valence-electron chi connectivity index (χ2n) is 4.64. The van der Waals surface area contributed by atoms with E-state index in [0.717, 1.165) is 17.3 Å². The van der Waals surface area contributed by atoms with Gasteiger partial charge in [0.05, 0.1) is 6.54 Å². The smallest absolute Gasteiger partial charge is 0.152 e. The van der Waals surface area contributed by atoms with Crippen molar-refractivity contribution >= 4 is 16.5 Å². The fourth-order valence-electron chi connectivity index (χ4n) is 2.09. The van der Waals surface area contributed by atoms with Crippen molar-refractivity contribution in [2.24, 2.45) is 7.05 Å². The molecule has 1 aromatic heterocycles. The molecule has 1 N–H and O–H groups in total. The minimum Gasteiger partial charge on any atom is -0.378 e. The lowest BCUT2D eigenvalue weighted by Gasteiger charge is -2.07. The molecule has 3 aromatic rings. The summed E-state index contributed by atoms with van der Waals surface area (Å²) < 4.78 is 1.99. The van der Waals surface area contributed by atoms with Crippen LogP contribution >= 0.6 is 0 Å². The Hall–Kier alpha value is -2.36. The van der Waals surface area contributed by atoms with Crippen LogP contribution in [0.5, 0.6) is 0 Å². The Morgan fingerprint density at radius 1 is 1.05 bits per heavy atom. The van der Waals surface area contributed by atoms with Crippen LogP contribution in [0.4, 0.5) is 5.69 Å². The number of aromatic nitrogens is 3. The third-order valence-corrected chi connectivity index (χ3v) is 3.38. The van der Waals surface area contributed by atoms with Gasteiger partial charge in [-0.05, 0) is 29.8 Å². The molecule has 0 spiro atoms. The molecule has 96 valence electrons. The third kappa shape index (κ3) is 2.29.